The van der Waals surface area contributed by atoms with Crippen LogP contribution in [0.1, 0.15) is 31.4 Å². The molecule has 9 nitrogen and oxygen atoms in total. The summed E-state index contributed by atoms with van der Waals surface area (Å²) in [6, 6.07) is 7.56. The average Bonchev–Trinajstić information content (AvgIpc) is 2.93. The first-order chi connectivity index (χ1) is 19.0. The van der Waals surface area contributed by atoms with Gasteiger partial charge in [0.2, 0.25) is 11.8 Å². The van der Waals surface area contributed by atoms with Crippen LogP contribution in [0.4, 0.5) is 0 Å². The number of amides is 2. The molecular formula is C28H33Cl2IN2O7. The molecule has 0 radical (unpaired) electrons. The van der Waals surface area contributed by atoms with Crippen molar-refractivity contribution < 1.29 is 34.4 Å². The molecule has 218 valence electrons. The van der Waals surface area contributed by atoms with E-state index >= 15 is 0 Å². The molecule has 4 N–H and O–H groups in total. The highest BCUT2D eigenvalue weighted by Crippen LogP contribution is 2.37. The van der Waals surface area contributed by atoms with Crippen LogP contribution in [0.5, 0.6) is 11.5 Å². The Kier molecular flexibility index (Phi) is 11.9. The van der Waals surface area contributed by atoms with Crippen LogP contribution in [0.2, 0.25) is 10.0 Å². The maximum atomic E-state index is 13.5. The van der Waals surface area contributed by atoms with Gasteiger partial charge in [0, 0.05) is 31.0 Å². The third kappa shape index (κ3) is 7.80. The molecule has 40 heavy (non-hydrogen) atoms. The lowest BCUT2D eigenvalue weighted by atomic mass is 9.87. The van der Waals surface area contributed by atoms with Crippen molar-refractivity contribution in [3.05, 3.63) is 66.7 Å². The van der Waals surface area contributed by atoms with E-state index in [1.807, 2.05) is 22.6 Å². The predicted molar refractivity (Wildman–Crippen MR) is 160 cm³/mol. The standard InChI is InChI=1S/C28H33Cl2IN2O7/c1-15(2)28(38)33(13-16-4-5-19(29)20(30)8-16)22-11-18(27(37)32-6-7-34)12-23(25(22)36)40-26-21(31)9-17(14-35)10-24(26)39-3/h4-5,8-10,12,15,22-23,25,34-36H,6-7,11,13-14H2,1-3H3,(H,32,37). The van der Waals surface area contributed by atoms with Crippen LogP contribution < -0.4 is 14.8 Å². The summed E-state index contributed by atoms with van der Waals surface area (Å²) in [4.78, 5) is 28.1. The van der Waals surface area contributed by atoms with Gasteiger partial charge in [-0.25, -0.2) is 0 Å². The minimum Gasteiger partial charge on any atom is -0.493 e. The van der Waals surface area contributed by atoms with Crippen LogP contribution in [0.3, 0.4) is 0 Å². The Morgan fingerprint density at radius 3 is 2.48 bits per heavy atom. The smallest absolute Gasteiger partial charge is 0.247 e. The first-order valence-electron chi connectivity index (χ1n) is 12.7. The van der Waals surface area contributed by atoms with E-state index in [2.05, 4.69) is 5.32 Å². The zero-order chi connectivity index (χ0) is 29.6. The molecule has 0 saturated heterocycles. The molecule has 3 unspecified atom stereocenters. The van der Waals surface area contributed by atoms with Crippen molar-refractivity contribution in [3.8, 4) is 11.5 Å². The summed E-state index contributed by atoms with van der Waals surface area (Å²) in [5, 5.41) is 33.8. The van der Waals surface area contributed by atoms with Crippen molar-refractivity contribution in [1.82, 2.24) is 10.2 Å². The minimum atomic E-state index is -1.22. The number of halogens is 3. The van der Waals surface area contributed by atoms with Crippen LogP contribution in [0.15, 0.2) is 42.0 Å². The highest BCUT2D eigenvalue weighted by molar-refractivity contribution is 14.1. The summed E-state index contributed by atoms with van der Waals surface area (Å²) in [5.74, 6) is -0.411. The number of rotatable bonds is 11. The Morgan fingerprint density at radius 2 is 1.88 bits per heavy atom. The normalized spacial score (nSPS) is 18.8. The van der Waals surface area contributed by atoms with Gasteiger partial charge in [-0.15, -0.1) is 0 Å². The molecule has 0 fully saturated rings. The Hall–Kier alpha value is -2.09. The molecule has 3 rings (SSSR count). The van der Waals surface area contributed by atoms with Gasteiger partial charge in [-0.05, 0) is 64.1 Å². The van der Waals surface area contributed by atoms with Crippen LogP contribution in [0.25, 0.3) is 0 Å². The maximum absolute atomic E-state index is 13.5. The summed E-state index contributed by atoms with van der Waals surface area (Å²) in [6.07, 6.45) is -0.679. The molecule has 2 aromatic rings. The highest BCUT2D eigenvalue weighted by atomic mass is 127. The lowest BCUT2D eigenvalue weighted by Gasteiger charge is -2.41. The number of hydrogen-bond acceptors (Lipinski definition) is 7. The number of benzene rings is 2. The molecule has 0 aromatic heterocycles. The van der Waals surface area contributed by atoms with Crippen LogP contribution >= 0.6 is 45.8 Å². The van der Waals surface area contributed by atoms with Crippen molar-refractivity contribution in [2.45, 2.75) is 51.7 Å². The Bertz CT molecular complexity index is 1260. The third-order valence-corrected chi connectivity index (χ3v) is 7.99. The second-order valence-electron chi connectivity index (χ2n) is 9.65. The van der Waals surface area contributed by atoms with Crippen molar-refractivity contribution in [1.29, 1.82) is 0 Å². The largest absolute Gasteiger partial charge is 0.493 e. The van der Waals surface area contributed by atoms with Gasteiger partial charge in [0.15, 0.2) is 11.5 Å². The molecular weight excluding hydrogens is 674 g/mol. The van der Waals surface area contributed by atoms with E-state index in [0.717, 1.165) is 0 Å². The van der Waals surface area contributed by atoms with Crippen LogP contribution in [-0.4, -0.2) is 70.5 Å². The van der Waals surface area contributed by atoms with Crippen molar-refractivity contribution >= 4 is 57.6 Å². The van der Waals surface area contributed by atoms with E-state index in [4.69, 9.17) is 32.7 Å². The van der Waals surface area contributed by atoms with Crippen LogP contribution in [-0.2, 0) is 22.7 Å². The van der Waals surface area contributed by atoms with Gasteiger partial charge in [-0.1, -0.05) is 43.1 Å². The minimum absolute atomic E-state index is 0.0428. The molecule has 1 aliphatic carbocycles. The van der Waals surface area contributed by atoms with Crippen LogP contribution in [0, 0.1) is 9.49 Å². The number of carbonyl (C=O) groups is 2. The molecule has 0 saturated carbocycles. The van der Waals surface area contributed by atoms with Gasteiger partial charge < -0.3 is 35.0 Å². The van der Waals surface area contributed by atoms with Crippen molar-refractivity contribution in [3.63, 3.8) is 0 Å². The first-order valence-corrected chi connectivity index (χ1v) is 14.5. The number of nitrogens with one attached hydrogen (secondary N) is 1. The summed E-state index contributed by atoms with van der Waals surface area (Å²) in [7, 11) is 1.46. The number of carbonyl (C=O) groups excluding carboxylic acids is 2. The fourth-order valence-corrected chi connectivity index (χ4v) is 5.53. The molecule has 2 aromatic carbocycles. The number of methoxy groups -OCH3 is 1. The Balaban J connectivity index is 2.06. The predicted octanol–water partition coefficient (Wildman–Crippen LogP) is 3.70. The highest BCUT2D eigenvalue weighted by Gasteiger charge is 2.41. The quantitative estimate of drug-likeness (QED) is 0.263. The van der Waals surface area contributed by atoms with Gasteiger partial charge >= 0.3 is 0 Å². The summed E-state index contributed by atoms with van der Waals surface area (Å²) in [5.41, 5.74) is 1.61. The van der Waals surface area contributed by atoms with E-state index in [-0.39, 0.29) is 38.6 Å². The molecule has 0 spiro atoms. The van der Waals surface area contributed by atoms with Gasteiger partial charge in [0.25, 0.3) is 0 Å². The SMILES string of the molecule is COc1cc(CO)cc(I)c1OC1C=C(C(=O)NCCO)CC(N(Cc2ccc(Cl)c(Cl)c2)C(=O)C(C)C)C1O. The second kappa shape index (κ2) is 14.7. The van der Waals surface area contributed by atoms with Gasteiger partial charge in [-0.3, -0.25) is 9.59 Å². The number of aliphatic hydroxyl groups is 3. The molecule has 0 bridgehead atoms. The van der Waals surface area contributed by atoms with E-state index in [1.165, 1.54) is 18.1 Å². The first kappa shape index (κ1) is 32.4. The molecule has 3 atom stereocenters. The maximum Gasteiger partial charge on any atom is 0.247 e. The van der Waals surface area contributed by atoms with E-state index in [9.17, 15) is 24.9 Å². The number of aliphatic hydroxyl groups excluding tert-OH is 3. The summed E-state index contributed by atoms with van der Waals surface area (Å²) in [6.45, 7) is 3.23. The Labute approximate surface area is 257 Å². The fraction of sp³-hybridized carbons (Fsp3) is 0.429. The topological polar surface area (TPSA) is 129 Å². The number of ether oxygens (including phenoxy) is 2. The van der Waals surface area contributed by atoms with Crippen molar-refractivity contribution in [2.75, 3.05) is 20.3 Å². The van der Waals surface area contributed by atoms with E-state index < -0.39 is 30.1 Å². The molecule has 0 aliphatic heterocycles. The number of nitrogens with zero attached hydrogens (tertiary/aromatic N) is 1. The average molecular weight is 707 g/mol. The van der Waals surface area contributed by atoms with Crippen molar-refractivity contribution in [2.24, 2.45) is 5.92 Å². The zero-order valence-corrected chi connectivity index (χ0v) is 26.0. The number of hydrogen-bond donors (Lipinski definition) is 4. The fourth-order valence-electron chi connectivity index (χ4n) is 4.42. The lowest BCUT2D eigenvalue weighted by molar-refractivity contribution is -0.142. The lowest BCUT2D eigenvalue weighted by Crippen LogP contribution is -2.55. The molecule has 12 heteroatoms. The van der Waals surface area contributed by atoms with Gasteiger partial charge in [0.1, 0.15) is 12.2 Å². The molecule has 2 amide bonds. The summed E-state index contributed by atoms with van der Waals surface area (Å²) < 4.78 is 12.4. The molecule has 0 heterocycles. The second-order valence-corrected chi connectivity index (χ2v) is 11.6. The Morgan fingerprint density at radius 1 is 1.15 bits per heavy atom. The summed E-state index contributed by atoms with van der Waals surface area (Å²) >= 11 is 14.4. The van der Waals surface area contributed by atoms with E-state index in [0.29, 0.717) is 41.8 Å². The zero-order valence-electron chi connectivity index (χ0n) is 22.4. The monoisotopic (exact) mass is 706 g/mol. The third-order valence-electron chi connectivity index (χ3n) is 6.45. The van der Waals surface area contributed by atoms with Gasteiger partial charge in [0.05, 0.1) is 40.0 Å². The van der Waals surface area contributed by atoms with E-state index in [1.54, 1.807) is 44.2 Å². The van der Waals surface area contributed by atoms with Gasteiger partial charge in [-0.2, -0.15) is 0 Å². The molecule has 1 aliphatic rings.